The Kier molecular flexibility index (Phi) is 6.59. The van der Waals surface area contributed by atoms with Gasteiger partial charge in [-0.05, 0) is 76.7 Å². The van der Waals surface area contributed by atoms with Gasteiger partial charge in [0.2, 0.25) is 5.91 Å². The van der Waals surface area contributed by atoms with Crippen LogP contribution in [-0.2, 0) is 4.79 Å². The summed E-state index contributed by atoms with van der Waals surface area (Å²) in [5.74, 6) is 0.778. The van der Waals surface area contributed by atoms with Crippen LogP contribution < -0.4 is 16.0 Å². The average Bonchev–Trinajstić information content (AvgIpc) is 2.54. The Bertz CT molecular complexity index is 601. The lowest BCUT2D eigenvalue weighted by atomic mass is 9.85. The van der Waals surface area contributed by atoms with E-state index in [-0.39, 0.29) is 17.4 Å². The molecule has 0 bridgehead atoms. The fourth-order valence-corrected chi connectivity index (χ4v) is 3.19. The third-order valence-electron chi connectivity index (χ3n) is 4.54. The van der Waals surface area contributed by atoms with Gasteiger partial charge >= 0.3 is 0 Å². The molecule has 1 aromatic rings. The van der Waals surface area contributed by atoms with Crippen LogP contribution in [0.2, 0.25) is 0 Å². The zero-order chi connectivity index (χ0) is 18.4. The standard InChI is InChI=1S/C20H31N3O2/c1-14(16-8-6-10-21-13-16)11-18(24)22-17-9-5-7-15(12-17)19(25)23-20(2,3)4/h5,7,9,12,14,16,21H,6,8,10-11,13H2,1-4H3,(H,22,24)(H,23,25). The van der Waals surface area contributed by atoms with E-state index in [1.165, 1.54) is 12.8 Å². The van der Waals surface area contributed by atoms with E-state index in [0.717, 1.165) is 13.1 Å². The largest absolute Gasteiger partial charge is 0.347 e. The highest BCUT2D eigenvalue weighted by molar-refractivity contribution is 5.97. The van der Waals surface area contributed by atoms with Crippen molar-refractivity contribution >= 4 is 17.5 Å². The monoisotopic (exact) mass is 345 g/mol. The number of hydrogen-bond donors (Lipinski definition) is 3. The second-order valence-corrected chi connectivity index (χ2v) is 8.12. The van der Waals surface area contributed by atoms with Crippen LogP contribution in [-0.4, -0.2) is 30.4 Å². The van der Waals surface area contributed by atoms with Gasteiger partial charge in [-0.3, -0.25) is 9.59 Å². The summed E-state index contributed by atoms with van der Waals surface area (Å²) >= 11 is 0. The molecule has 3 N–H and O–H groups in total. The molecule has 1 saturated heterocycles. The molecule has 1 fully saturated rings. The number of piperidine rings is 1. The predicted molar refractivity (Wildman–Crippen MR) is 102 cm³/mol. The Labute approximate surface area is 151 Å². The molecule has 0 spiro atoms. The number of anilines is 1. The zero-order valence-corrected chi connectivity index (χ0v) is 15.8. The van der Waals surface area contributed by atoms with Crippen molar-refractivity contribution in [3.05, 3.63) is 29.8 Å². The van der Waals surface area contributed by atoms with Crippen molar-refractivity contribution in [2.24, 2.45) is 11.8 Å². The van der Waals surface area contributed by atoms with E-state index in [4.69, 9.17) is 0 Å². The molecule has 2 amide bonds. The molecule has 2 atom stereocenters. The molecule has 0 saturated carbocycles. The molecule has 0 aliphatic carbocycles. The molecule has 0 radical (unpaired) electrons. The lowest BCUT2D eigenvalue weighted by Gasteiger charge is -2.28. The normalized spacial score (nSPS) is 19.1. The van der Waals surface area contributed by atoms with Crippen molar-refractivity contribution in [1.82, 2.24) is 10.6 Å². The molecular weight excluding hydrogens is 314 g/mol. The molecule has 2 unspecified atom stereocenters. The molecule has 5 nitrogen and oxygen atoms in total. The van der Waals surface area contributed by atoms with Crippen LogP contribution in [0.15, 0.2) is 24.3 Å². The van der Waals surface area contributed by atoms with Crippen molar-refractivity contribution in [3.8, 4) is 0 Å². The number of nitrogens with one attached hydrogen (secondary N) is 3. The maximum atomic E-state index is 12.3. The molecule has 1 heterocycles. The smallest absolute Gasteiger partial charge is 0.251 e. The summed E-state index contributed by atoms with van der Waals surface area (Å²) in [6.45, 7) is 10.0. The van der Waals surface area contributed by atoms with Crippen molar-refractivity contribution in [3.63, 3.8) is 0 Å². The number of carbonyl (C=O) groups is 2. The Morgan fingerprint density at radius 2 is 2.08 bits per heavy atom. The first-order valence-corrected chi connectivity index (χ1v) is 9.18. The Hall–Kier alpha value is -1.88. The third kappa shape index (κ3) is 6.50. The summed E-state index contributed by atoms with van der Waals surface area (Å²) in [6, 6.07) is 7.10. The summed E-state index contributed by atoms with van der Waals surface area (Å²) in [4.78, 5) is 24.6. The number of benzene rings is 1. The number of rotatable bonds is 5. The summed E-state index contributed by atoms with van der Waals surface area (Å²) in [5.41, 5.74) is 0.928. The first kappa shape index (κ1) is 19.4. The minimum Gasteiger partial charge on any atom is -0.347 e. The van der Waals surface area contributed by atoms with Gasteiger partial charge in [-0.1, -0.05) is 13.0 Å². The van der Waals surface area contributed by atoms with Gasteiger partial charge in [0.15, 0.2) is 0 Å². The highest BCUT2D eigenvalue weighted by Gasteiger charge is 2.22. The molecule has 2 rings (SSSR count). The Morgan fingerprint density at radius 1 is 1.32 bits per heavy atom. The van der Waals surface area contributed by atoms with Crippen LogP contribution in [0, 0.1) is 11.8 Å². The number of carbonyl (C=O) groups excluding carboxylic acids is 2. The lowest BCUT2D eigenvalue weighted by Crippen LogP contribution is -2.40. The van der Waals surface area contributed by atoms with Gasteiger partial charge in [-0.25, -0.2) is 0 Å². The van der Waals surface area contributed by atoms with Crippen LogP contribution in [0.4, 0.5) is 5.69 Å². The van der Waals surface area contributed by atoms with Gasteiger partial charge in [-0.2, -0.15) is 0 Å². The molecule has 25 heavy (non-hydrogen) atoms. The maximum absolute atomic E-state index is 12.3. The molecule has 1 aliphatic rings. The highest BCUT2D eigenvalue weighted by Crippen LogP contribution is 2.23. The minimum absolute atomic E-state index is 0.00598. The fraction of sp³-hybridized carbons (Fsp3) is 0.600. The van der Waals surface area contributed by atoms with Crippen LogP contribution in [0.25, 0.3) is 0 Å². The van der Waals surface area contributed by atoms with Crippen LogP contribution in [0.5, 0.6) is 0 Å². The minimum atomic E-state index is -0.292. The average molecular weight is 345 g/mol. The first-order chi connectivity index (χ1) is 11.7. The van der Waals surface area contributed by atoms with Crippen molar-refractivity contribution in [2.45, 2.75) is 52.5 Å². The predicted octanol–water partition coefficient (Wildman–Crippen LogP) is 3.18. The second kappa shape index (κ2) is 8.48. The Balaban J connectivity index is 1.92. The molecule has 5 heteroatoms. The van der Waals surface area contributed by atoms with Gasteiger partial charge in [0.25, 0.3) is 5.91 Å². The topological polar surface area (TPSA) is 70.2 Å². The van der Waals surface area contributed by atoms with Crippen molar-refractivity contribution in [1.29, 1.82) is 0 Å². The van der Waals surface area contributed by atoms with E-state index >= 15 is 0 Å². The van der Waals surface area contributed by atoms with Gasteiger partial charge in [0.05, 0.1) is 0 Å². The van der Waals surface area contributed by atoms with E-state index in [1.54, 1.807) is 18.2 Å². The summed E-state index contributed by atoms with van der Waals surface area (Å²) in [5, 5.41) is 9.26. The molecule has 1 aliphatic heterocycles. The van der Waals surface area contributed by atoms with Gasteiger partial charge < -0.3 is 16.0 Å². The van der Waals surface area contributed by atoms with Gasteiger partial charge in [0, 0.05) is 23.2 Å². The van der Waals surface area contributed by atoms with E-state index in [9.17, 15) is 9.59 Å². The van der Waals surface area contributed by atoms with E-state index < -0.39 is 0 Å². The molecule has 1 aromatic carbocycles. The van der Waals surface area contributed by atoms with Gasteiger partial charge in [0.1, 0.15) is 0 Å². The number of hydrogen-bond acceptors (Lipinski definition) is 3. The van der Waals surface area contributed by atoms with Crippen LogP contribution >= 0.6 is 0 Å². The van der Waals surface area contributed by atoms with E-state index in [2.05, 4.69) is 22.9 Å². The zero-order valence-electron chi connectivity index (χ0n) is 15.8. The quantitative estimate of drug-likeness (QED) is 0.767. The lowest BCUT2D eigenvalue weighted by molar-refractivity contribution is -0.117. The first-order valence-electron chi connectivity index (χ1n) is 9.18. The summed E-state index contributed by atoms with van der Waals surface area (Å²) < 4.78 is 0. The van der Waals surface area contributed by atoms with E-state index in [0.29, 0.717) is 29.5 Å². The number of amides is 2. The van der Waals surface area contributed by atoms with Gasteiger partial charge in [-0.15, -0.1) is 0 Å². The van der Waals surface area contributed by atoms with E-state index in [1.807, 2.05) is 26.8 Å². The van der Waals surface area contributed by atoms with Crippen molar-refractivity contribution < 1.29 is 9.59 Å². The Morgan fingerprint density at radius 3 is 2.72 bits per heavy atom. The maximum Gasteiger partial charge on any atom is 0.251 e. The summed E-state index contributed by atoms with van der Waals surface area (Å²) in [6.07, 6.45) is 2.87. The third-order valence-corrected chi connectivity index (χ3v) is 4.54. The SMILES string of the molecule is CC(CC(=O)Nc1cccc(C(=O)NC(C)(C)C)c1)C1CCCNC1. The molecular formula is C20H31N3O2. The summed E-state index contributed by atoms with van der Waals surface area (Å²) in [7, 11) is 0. The van der Waals surface area contributed by atoms with Crippen molar-refractivity contribution in [2.75, 3.05) is 18.4 Å². The fourth-order valence-electron chi connectivity index (χ4n) is 3.19. The highest BCUT2D eigenvalue weighted by atomic mass is 16.2. The molecule has 138 valence electrons. The van der Waals surface area contributed by atoms with Crippen LogP contribution in [0.3, 0.4) is 0 Å². The second-order valence-electron chi connectivity index (χ2n) is 8.12. The molecule has 0 aromatic heterocycles. The van der Waals surface area contributed by atoms with Crippen LogP contribution in [0.1, 0.15) is 57.3 Å².